The second-order valence-corrected chi connectivity index (χ2v) is 4.57. The summed E-state index contributed by atoms with van der Waals surface area (Å²) in [6.07, 6.45) is 1.42. The number of hydrogen-bond donors (Lipinski definition) is 1. The third-order valence-corrected chi connectivity index (χ3v) is 3.01. The molecule has 0 bridgehead atoms. The van der Waals surface area contributed by atoms with Crippen LogP contribution in [-0.2, 0) is 4.79 Å². The van der Waals surface area contributed by atoms with Crippen LogP contribution in [0.1, 0.15) is 12.5 Å². The molecule has 2 aromatic carbocycles. The molecule has 0 atom stereocenters. The van der Waals surface area contributed by atoms with Gasteiger partial charge in [0.1, 0.15) is 23.2 Å². The van der Waals surface area contributed by atoms with E-state index >= 15 is 0 Å². The molecule has 1 amide bonds. The quantitative estimate of drug-likeness (QED) is 0.675. The van der Waals surface area contributed by atoms with E-state index in [-0.39, 0.29) is 11.3 Å². The van der Waals surface area contributed by atoms with E-state index in [1.807, 2.05) is 13.0 Å². The molecule has 5 heteroatoms. The van der Waals surface area contributed by atoms with Crippen LogP contribution in [0.5, 0.6) is 5.75 Å². The zero-order valence-electron chi connectivity index (χ0n) is 12.5. The van der Waals surface area contributed by atoms with Gasteiger partial charge in [-0.25, -0.2) is 4.39 Å². The van der Waals surface area contributed by atoms with E-state index in [1.54, 1.807) is 30.3 Å². The van der Waals surface area contributed by atoms with Crippen LogP contribution in [-0.4, -0.2) is 12.5 Å². The van der Waals surface area contributed by atoms with Crippen molar-refractivity contribution in [2.24, 2.45) is 0 Å². The Labute approximate surface area is 133 Å². The highest BCUT2D eigenvalue weighted by Crippen LogP contribution is 2.21. The van der Waals surface area contributed by atoms with Crippen molar-refractivity contribution in [2.45, 2.75) is 6.92 Å². The van der Waals surface area contributed by atoms with Gasteiger partial charge in [-0.2, -0.15) is 5.26 Å². The molecule has 4 nitrogen and oxygen atoms in total. The van der Waals surface area contributed by atoms with Gasteiger partial charge in [-0.1, -0.05) is 30.3 Å². The molecule has 0 aliphatic heterocycles. The van der Waals surface area contributed by atoms with Crippen LogP contribution in [0.4, 0.5) is 10.1 Å². The number of halogens is 1. The summed E-state index contributed by atoms with van der Waals surface area (Å²) in [7, 11) is 0. The summed E-state index contributed by atoms with van der Waals surface area (Å²) >= 11 is 0. The van der Waals surface area contributed by atoms with Crippen LogP contribution >= 0.6 is 0 Å². The summed E-state index contributed by atoms with van der Waals surface area (Å²) < 4.78 is 19.0. The molecule has 0 fully saturated rings. The Morgan fingerprint density at radius 2 is 1.96 bits per heavy atom. The third-order valence-electron chi connectivity index (χ3n) is 3.01. The Balaban J connectivity index is 2.27. The minimum atomic E-state index is -0.677. The number of carbonyl (C=O) groups is 1. The SMILES string of the molecule is CCOc1ccccc1/C=C(\C#N)C(=O)Nc1ccccc1F. The zero-order valence-corrected chi connectivity index (χ0v) is 12.5. The molecule has 0 unspecified atom stereocenters. The number of hydrogen-bond acceptors (Lipinski definition) is 3. The monoisotopic (exact) mass is 310 g/mol. The zero-order chi connectivity index (χ0) is 16.7. The first-order valence-corrected chi connectivity index (χ1v) is 7.05. The molecule has 0 aliphatic rings. The largest absolute Gasteiger partial charge is 0.493 e. The number of para-hydroxylation sites is 2. The van der Waals surface area contributed by atoms with E-state index in [0.717, 1.165) is 0 Å². The van der Waals surface area contributed by atoms with Crippen LogP contribution in [0.25, 0.3) is 6.08 Å². The third kappa shape index (κ3) is 4.17. The molecule has 0 heterocycles. The Morgan fingerprint density at radius 1 is 1.26 bits per heavy atom. The minimum absolute atomic E-state index is 0.0248. The molecular weight excluding hydrogens is 295 g/mol. The van der Waals surface area contributed by atoms with Crippen molar-refractivity contribution in [3.63, 3.8) is 0 Å². The van der Waals surface area contributed by atoms with Crippen molar-refractivity contribution in [3.05, 3.63) is 65.5 Å². The summed E-state index contributed by atoms with van der Waals surface area (Å²) in [5, 5.41) is 11.6. The fourth-order valence-corrected chi connectivity index (χ4v) is 1.94. The van der Waals surface area contributed by atoms with E-state index in [9.17, 15) is 14.4 Å². The first kappa shape index (κ1) is 16.2. The molecule has 2 rings (SSSR count). The highest BCUT2D eigenvalue weighted by Gasteiger charge is 2.12. The Morgan fingerprint density at radius 3 is 2.65 bits per heavy atom. The number of ether oxygens (including phenoxy) is 1. The van der Waals surface area contributed by atoms with Gasteiger partial charge in [-0.05, 0) is 31.2 Å². The lowest BCUT2D eigenvalue weighted by molar-refractivity contribution is -0.112. The second-order valence-electron chi connectivity index (χ2n) is 4.57. The highest BCUT2D eigenvalue weighted by atomic mass is 19.1. The molecule has 23 heavy (non-hydrogen) atoms. The number of nitrogens with zero attached hydrogens (tertiary/aromatic N) is 1. The lowest BCUT2D eigenvalue weighted by Gasteiger charge is -2.08. The maximum Gasteiger partial charge on any atom is 0.266 e. The Hall–Kier alpha value is -3.13. The van der Waals surface area contributed by atoms with Gasteiger partial charge < -0.3 is 10.1 Å². The van der Waals surface area contributed by atoms with Gasteiger partial charge in [-0.15, -0.1) is 0 Å². The maximum atomic E-state index is 13.6. The van der Waals surface area contributed by atoms with E-state index in [2.05, 4.69) is 5.32 Å². The van der Waals surface area contributed by atoms with Gasteiger partial charge in [0.25, 0.3) is 5.91 Å². The van der Waals surface area contributed by atoms with Crippen LogP contribution in [0.3, 0.4) is 0 Å². The van der Waals surface area contributed by atoms with Crippen LogP contribution in [0, 0.1) is 17.1 Å². The maximum absolute atomic E-state index is 13.6. The molecule has 0 aliphatic carbocycles. The molecule has 0 saturated carbocycles. The summed E-state index contributed by atoms with van der Waals surface area (Å²) in [6, 6.07) is 14.7. The molecule has 0 saturated heterocycles. The summed E-state index contributed by atoms with van der Waals surface area (Å²) in [5.41, 5.74) is 0.492. The van der Waals surface area contributed by atoms with Crippen molar-refractivity contribution >= 4 is 17.7 Å². The van der Waals surface area contributed by atoms with Gasteiger partial charge in [0.2, 0.25) is 0 Å². The van der Waals surface area contributed by atoms with Crippen LogP contribution < -0.4 is 10.1 Å². The van der Waals surface area contributed by atoms with E-state index in [0.29, 0.717) is 17.9 Å². The fraction of sp³-hybridized carbons (Fsp3) is 0.111. The smallest absolute Gasteiger partial charge is 0.266 e. The van der Waals surface area contributed by atoms with Crippen molar-refractivity contribution in [1.29, 1.82) is 5.26 Å². The lowest BCUT2D eigenvalue weighted by Crippen LogP contribution is -2.14. The van der Waals surface area contributed by atoms with Gasteiger partial charge in [0.15, 0.2) is 0 Å². The van der Waals surface area contributed by atoms with Gasteiger partial charge in [-0.3, -0.25) is 4.79 Å². The number of rotatable bonds is 5. The molecule has 0 aromatic heterocycles. The predicted molar refractivity (Wildman–Crippen MR) is 86.2 cm³/mol. The minimum Gasteiger partial charge on any atom is -0.493 e. The molecule has 1 N–H and O–H groups in total. The van der Waals surface area contributed by atoms with Crippen molar-refractivity contribution < 1.29 is 13.9 Å². The Kier molecular flexibility index (Phi) is 5.48. The highest BCUT2D eigenvalue weighted by molar-refractivity contribution is 6.09. The van der Waals surface area contributed by atoms with Gasteiger partial charge in [0, 0.05) is 5.56 Å². The number of nitrogens with one attached hydrogen (secondary N) is 1. The molecule has 2 aromatic rings. The lowest BCUT2D eigenvalue weighted by atomic mass is 10.1. The number of benzene rings is 2. The number of nitriles is 1. The van der Waals surface area contributed by atoms with E-state index in [4.69, 9.17) is 4.74 Å². The molecule has 116 valence electrons. The summed E-state index contributed by atoms with van der Waals surface area (Å²) in [4.78, 5) is 12.2. The average Bonchev–Trinajstić information content (AvgIpc) is 2.56. The first-order valence-electron chi connectivity index (χ1n) is 7.05. The van der Waals surface area contributed by atoms with Crippen molar-refractivity contribution in [2.75, 3.05) is 11.9 Å². The second kappa shape index (κ2) is 7.76. The normalized spacial score (nSPS) is 10.7. The Bertz CT molecular complexity index is 779. The average molecular weight is 310 g/mol. The molecule has 0 spiro atoms. The van der Waals surface area contributed by atoms with Crippen LogP contribution in [0.2, 0.25) is 0 Å². The van der Waals surface area contributed by atoms with Crippen molar-refractivity contribution in [3.8, 4) is 11.8 Å². The van der Waals surface area contributed by atoms with Crippen molar-refractivity contribution in [1.82, 2.24) is 0 Å². The van der Waals surface area contributed by atoms with Gasteiger partial charge >= 0.3 is 0 Å². The topological polar surface area (TPSA) is 62.1 Å². The van der Waals surface area contributed by atoms with Gasteiger partial charge in [0.05, 0.1) is 12.3 Å². The standard InChI is InChI=1S/C18H15FN2O2/c1-2-23-17-10-6-3-7-13(17)11-14(12-20)18(22)21-16-9-5-4-8-15(16)19/h3-11H,2H2,1H3,(H,21,22)/b14-11+. The van der Waals surface area contributed by atoms with Crippen LogP contribution in [0.15, 0.2) is 54.1 Å². The predicted octanol–water partition coefficient (Wildman–Crippen LogP) is 3.77. The van der Waals surface area contributed by atoms with E-state index in [1.165, 1.54) is 24.3 Å². The number of carbonyl (C=O) groups excluding carboxylic acids is 1. The summed E-state index contributed by atoms with van der Waals surface area (Å²) in [6.45, 7) is 2.31. The molecular formula is C18H15FN2O2. The first-order chi connectivity index (χ1) is 11.2. The fourth-order valence-electron chi connectivity index (χ4n) is 1.94. The number of amides is 1. The number of anilines is 1. The molecule has 0 radical (unpaired) electrons. The van der Waals surface area contributed by atoms with E-state index < -0.39 is 11.7 Å². The summed E-state index contributed by atoms with van der Waals surface area (Å²) in [5.74, 6) is -0.668.